The van der Waals surface area contributed by atoms with Gasteiger partial charge in [-0.25, -0.2) is 4.98 Å². The maximum absolute atomic E-state index is 11.7. The van der Waals surface area contributed by atoms with Crippen LogP contribution in [0.25, 0.3) is 11.0 Å². The number of aromatic nitrogens is 2. The molecule has 0 fully saturated rings. The molecule has 0 radical (unpaired) electrons. The van der Waals surface area contributed by atoms with E-state index in [9.17, 15) is 4.79 Å². The molecule has 0 aliphatic carbocycles. The summed E-state index contributed by atoms with van der Waals surface area (Å²) in [5, 5.41) is 2.93. The Morgan fingerprint density at radius 2 is 2.21 bits per heavy atom. The van der Waals surface area contributed by atoms with Crippen LogP contribution in [-0.2, 0) is 17.6 Å². The van der Waals surface area contributed by atoms with Gasteiger partial charge < -0.3 is 10.3 Å². The molecule has 2 rings (SSSR count). The molecule has 1 amide bonds. The monoisotopic (exact) mass is 259 g/mol. The van der Waals surface area contributed by atoms with E-state index in [0.29, 0.717) is 6.42 Å². The van der Waals surface area contributed by atoms with Crippen molar-refractivity contribution in [3.05, 3.63) is 29.6 Å². The van der Waals surface area contributed by atoms with Crippen LogP contribution in [0.1, 0.15) is 38.1 Å². The number of carbonyl (C=O) groups excluding carboxylic acids is 1. The molecule has 4 nitrogen and oxygen atoms in total. The van der Waals surface area contributed by atoms with Crippen molar-refractivity contribution in [3.8, 4) is 0 Å². The van der Waals surface area contributed by atoms with Gasteiger partial charge in [0.1, 0.15) is 5.82 Å². The molecule has 1 aromatic heterocycles. The van der Waals surface area contributed by atoms with Gasteiger partial charge in [0.2, 0.25) is 5.91 Å². The number of aryl methyl sites for hydroxylation is 1. The van der Waals surface area contributed by atoms with Crippen LogP contribution in [0.15, 0.2) is 18.2 Å². The molecule has 0 atom stereocenters. The average Bonchev–Trinajstić information content (AvgIpc) is 2.81. The second kappa shape index (κ2) is 6.36. The first kappa shape index (κ1) is 13.6. The normalized spacial score (nSPS) is 10.8. The number of imidazole rings is 1. The van der Waals surface area contributed by atoms with Crippen molar-refractivity contribution < 1.29 is 4.79 Å². The number of hydrogen-bond acceptors (Lipinski definition) is 2. The van der Waals surface area contributed by atoms with E-state index >= 15 is 0 Å². The molecule has 0 saturated heterocycles. The molecule has 0 spiro atoms. The fourth-order valence-electron chi connectivity index (χ4n) is 2.04. The lowest BCUT2D eigenvalue weighted by molar-refractivity contribution is -0.120. The van der Waals surface area contributed by atoms with Gasteiger partial charge in [0.05, 0.1) is 17.5 Å². The Hall–Kier alpha value is -1.84. The first-order chi connectivity index (χ1) is 9.22. The molecular formula is C15H21N3O. The Labute approximate surface area is 113 Å². The Morgan fingerprint density at radius 3 is 2.95 bits per heavy atom. The van der Waals surface area contributed by atoms with Crippen LogP contribution in [0.4, 0.5) is 0 Å². The fourth-order valence-corrected chi connectivity index (χ4v) is 2.04. The molecule has 0 unspecified atom stereocenters. The van der Waals surface area contributed by atoms with Crippen molar-refractivity contribution in [2.24, 2.45) is 0 Å². The number of H-pyrrole nitrogens is 1. The Balaban J connectivity index is 2.02. The fraction of sp³-hybridized carbons (Fsp3) is 0.467. The lowest BCUT2D eigenvalue weighted by atomic mass is 10.1. The highest BCUT2D eigenvalue weighted by molar-refractivity contribution is 5.81. The molecule has 19 heavy (non-hydrogen) atoms. The minimum absolute atomic E-state index is 0.0861. The van der Waals surface area contributed by atoms with Crippen molar-refractivity contribution >= 4 is 16.9 Å². The largest absolute Gasteiger partial charge is 0.356 e. The Kier molecular flexibility index (Phi) is 4.55. The van der Waals surface area contributed by atoms with Crippen LogP contribution in [-0.4, -0.2) is 22.4 Å². The maximum atomic E-state index is 11.7. The first-order valence-corrected chi connectivity index (χ1v) is 6.97. The smallest absolute Gasteiger partial charge is 0.224 e. The van der Waals surface area contributed by atoms with E-state index in [4.69, 9.17) is 0 Å². The predicted octanol–water partition coefficient (Wildman–Crippen LogP) is 2.58. The molecule has 0 bridgehead atoms. The van der Waals surface area contributed by atoms with Crippen molar-refractivity contribution in [2.75, 3.05) is 6.54 Å². The molecular weight excluding hydrogens is 238 g/mol. The molecule has 2 N–H and O–H groups in total. The highest BCUT2D eigenvalue weighted by atomic mass is 16.1. The number of nitrogens with zero attached hydrogens (tertiary/aromatic N) is 1. The average molecular weight is 259 g/mol. The standard InChI is InChI=1S/C15H21N3O/c1-3-5-8-16-15(19)10-11-6-7-12-13(9-11)18-14(4-2)17-12/h6-7,9H,3-5,8,10H2,1-2H3,(H,16,19)(H,17,18). The van der Waals surface area contributed by atoms with Crippen molar-refractivity contribution in [3.63, 3.8) is 0 Å². The molecule has 1 heterocycles. The predicted molar refractivity (Wildman–Crippen MR) is 77.1 cm³/mol. The van der Waals surface area contributed by atoms with Gasteiger partial charge in [-0.3, -0.25) is 4.79 Å². The van der Waals surface area contributed by atoms with Gasteiger partial charge in [-0.15, -0.1) is 0 Å². The number of fused-ring (bicyclic) bond motifs is 1. The van der Waals surface area contributed by atoms with E-state index in [1.165, 1.54) is 0 Å². The van der Waals surface area contributed by atoms with Crippen molar-refractivity contribution in [2.45, 2.75) is 39.5 Å². The lowest BCUT2D eigenvalue weighted by Crippen LogP contribution is -2.25. The van der Waals surface area contributed by atoms with Gasteiger partial charge in [0, 0.05) is 13.0 Å². The number of hydrogen-bond donors (Lipinski definition) is 2. The van der Waals surface area contributed by atoms with Crippen LogP contribution < -0.4 is 5.32 Å². The number of aromatic amines is 1. The Morgan fingerprint density at radius 1 is 1.37 bits per heavy atom. The molecule has 1 aromatic carbocycles. The number of benzene rings is 1. The summed E-state index contributed by atoms with van der Waals surface area (Å²) in [6.45, 7) is 4.95. The number of nitrogens with one attached hydrogen (secondary N) is 2. The zero-order chi connectivity index (χ0) is 13.7. The highest BCUT2D eigenvalue weighted by Crippen LogP contribution is 2.14. The number of rotatable bonds is 6. The number of unbranched alkanes of at least 4 members (excludes halogenated alkanes) is 1. The van der Waals surface area contributed by atoms with Gasteiger partial charge in [-0.1, -0.05) is 26.3 Å². The molecule has 102 valence electrons. The minimum Gasteiger partial charge on any atom is -0.356 e. The number of carbonyl (C=O) groups is 1. The van der Waals surface area contributed by atoms with Gasteiger partial charge in [0.25, 0.3) is 0 Å². The SMILES string of the molecule is CCCCNC(=O)Cc1ccc2nc(CC)[nH]c2c1. The van der Waals surface area contributed by atoms with Gasteiger partial charge in [0.15, 0.2) is 0 Å². The first-order valence-electron chi connectivity index (χ1n) is 6.97. The summed E-state index contributed by atoms with van der Waals surface area (Å²) >= 11 is 0. The summed E-state index contributed by atoms with van der Waals surface area (Å²) in [6.07, 6.45) is 3.45. The highest BCUT2D eigenvalue weighted by Gasteiger charge is 2.06. The van der Waals surface area contributed by atoms with E-state index in [0.717, 1.165) is 48.2 Å². The molecule has 0 aliphatic heterocycles. The summed E-state index contributed by atoms with van der Waals surface area (Å²) in [6, 6.07) is 5.96. The lowest BCUT2D eigenvalue weighted by Gasteiger charge is -2.04. The number of amides is 1. The van der Waals surface area contributed by atoms with Crippen molar-refractivity contribution in [1.29, 1.82) is 0 Å². The summed E-state index contributed by atoms with van der Waals surface area (Å²) in [5.74, 6) is 1.07. The second-order valence-corrected chi connectivity index (χ2v) is 4.77. The summed E-state index contributed by atoms with van der Waals surface area (Å²) < 4.78 is 0. The molecule has 0 saturated carbocycles. The summed E-state index contributed by atoms with van der Waals surface area (Å²) in [7, 11) is 0. The third-order valence-electron chi connectivity index (χ3n) is 3.15. The maximum Gasteiger partial charge on any atom is 0.224 e. The minimum atomic E-state index is 0.0861. The van der Waals surface area contributed by atoms with Gasteiger partial charge in [-0.05, 0) is 24.1 Å². The van der Waals surface area contributed by atoms with E-state index in [2.05, 4.69) is 29.1 Å². The topological polar surface area (TPSA) is 57.8 Å². The van der Waals surface area contributed by atoms with E-state index in [1.807, 2.05) is 18.2 Å². The zero-order valence-corrected chi connectivity index (χ0v) is 11.6. The van der Waals surface area contributed by atoms with E-state index in [1.54, 1.807) is 0 Å². The van der Waals surface area contributed by atoms with Crippen LogP contribution in [0.2, 0.25) is 0 Å². The van der Waals surface area contributed by atoms with E-state index in [-0.39, 0.29) is 5.91 Å². The Bertz CT molecular complexity index is 560. The zero-order valence-electron chi connectivity index (χ0n) is 11.6. The second-order valence-electron chi connectivity index (χ2n) is 4.77. The van der Waals surface area contributed by atoms with E-state index < -0.39 is 0 Å². The van der Waals surface area contributed by atoms with Crippen LogP contribution in [0.5, 0.6) is 0 Å². The van der Waals surface area contributed by atoms with Crippen molar-refractivity contribution in [1.82, 2.24) is 15.3 Å². The van der Waals surface area contributed by atoms with Gasteiger partial charge in [-0.2, -0.15) is 0 Å². The van der Waals surface area contributed by atoms with Crippen LogP contribution >= 0.6 is 0 Å². The molecule has 0 aliphatic rings. The van der Waals surface area contributed by atoms with Gasteiger partial charge >= 0.3 is 0 Å². The summed E-state index contributed by atoms with van der Waals surface area (Å²) in [5.41, 5.74) is 3.00. The van der Waals surface area contributed by atoms with Crippen LogP contribution in [0, 0.1) is 0 Å². The third kappa shape index (κ3) is 3.56. The van der Waals surface area contributed by atoms with Crippen LogP contribution in [0.3, 0.4) is 0 Å². The molecule has 4 heteroatoms. The summed E-state index contributed by atoms with van der Waals surface area (Å²) in [4.78, 5) is 19.5. The quantitative estimate of drug-likeness (QED) is 0.783. The third-order valence-corrected chi connectivity index (χ3v) is 3.15. The molecule has 2 aromatic rings.